The van der Waals surface area contributed by atoms with Crippen molar-refractivity contribution in [3.8, 4) is 0 Å². The van der Waals surface area contributed by atoms with E-state index in [1.54, 1.807) is 42.5 Å². The Bertz CT molecular complexity index is 1060. The molecule has 0 bridgehead atoms. The maximum absolute atomic E-state index is 12.4. The van der Waals surface area contributed by atoms with E-state index in [0.29, 0.717) is 11.3 Å². The summed E-state index contributed by atoms with van der Waals surface area (Å²) < 4.78 is 37.3. The number of carbonyl (C=O) groups excluding carboxylic acids is 2. The number of carbonyl (C=O) groups is 2. The molecule has 1 N–H and O–H groups in total. The minimum absolute atomic E-state index is 0.0183. The highest BCUT2D eigenvalue weighted by Gasteiger charge is 2.18. The highest BCUT2D eigenvalue weighted by molar-refractivity contribution is 7.89. The summed E-state index contributed by atoms with van der Waals surface area (Å²) in [6.45, 7) is -0.452. The van der Waals surface area contributed by atoms with Gasteiger partial charge in [-0.3, -0.25) is 4.79 Å². The number of hydrogen-bond donors (Lipinski definition) is 1. The highest BCUT2D eigenvalue weighted by atomic mass is 32.2. The van der Waals surface area contributed by atoms with Crippen LogP contribution in [0.1, 0.15) is 26.5 Å². The Morgan fingerprint density at radius 2 is 1.68 bits per heavy atom. The first-order valence-corrected chi connectivity index (χ1v) is 9.81. The van der Waals surface area contributed by atoms with Crippen LogP contribution in [-0.4, -0.2) is 26.8 Å². The molecule has 0 amide bonds. The molecule has 0 aliphatic heterocycles. The first-order chi connectivity index (χ1) is 13.5. The summed E-state index contributed by atoms with van der Waals surface area (Å²) in [4.78, 5) is 24.1. The Hall–Kier alpha value is -3.23. The van der Waals surface area contributed by atoms with Crippen LogP contribution in [0.4, 0.5) is 0 Å². The van der Waals surface area contributed by atoms with Gasteiger partial charge in [0, 0.05) is 5.56 Å². The van der Waals surface area contributed by atoms with Crippen molar-refractivity contribution in [2.75, 3.05) is 6.61 Å². The molecule has 0 atom stereocenters. The zero-order valence-corrected chi connectivity index (χ0v) is 15.5. The second kappa shape index (κ2) is 8.64. The highest BCUT2D eigenvalue weighted by Crippen LogP contribution is 2.14. The molecule has 0 aliphatic rings. The monoisotopic (exact) mass is 399 g/mol. The van der Waals surface area contributed by atoms with E-state index in [1.807, 2.05) is 0 Å². The summed E-state index contributed by atoms with van der Waals surface area (Å²) >= 11 is 0. The predicted molar refractivity (Wildman–Crippen MR) is 100 cm³/mol. The molecular weight excluding hydrogens is 382 g/mol. The van der Waals surface area contributed by atoms with Gasteiger partial charge in [0.25, 0.3) is 0 Å². The van der Waals surface area contributed by atoms with Gasteiger partial charge in [0.05, 0.1) is 23.3 Å². The molecule has 0 fully saturated rings. The van der Waals surface area contributed by atoms with Crippen LogP contribution in [0.3, 0.4) is 0 Å². The average Bonchev–Trinajstić information content (AvgIpc) is 3.25. The van der Waals surface area contributed by atoms with Crippen molar-refractivity contribution in [3.63, 3.8) is 0 Å². The summed E-state index contributed by atoms with van der Waals surface area (Å²) in [5, 5.41) is 0. The van der Waals surface area contributed by atoms with E-state index in [0.717, 1.165) is 0 Å². The minimum Gasteiger partial charge on any atom is -0.468 e. The van der Waals surface area contributed by atoms with Gasteiger partial charge in [-0.05, 0) is 30.3 Å². The quantitative estimate of drug-likeness (QED) is 0.462. The van der Waals surface area contributed by atoms with Crippen molar-refractivity contribution < 1.29 is 27.2 Å². The van der Waals surface area contributed by atoms with Crippen LogP contribution in [0.15, 0.2) is 82.3 Å². The third-order valence-corrected chi connectivity index (χ3v) is 5.23. The van der Waals surface area contributed by atoms with E-state index in [9.17, 15) is 18.0 Å². The van der Waals surface area contributed by atoms with E-state index in [-0.39, 0.29) is 22.8 Å². The summed E-state index contributed by atoms with van der Waals surface area (Å²) in [7, 11) is -3.85. The fourth-order valence-electron chi connectivity index (χ4n) is 2.37. The minimum atomic E-state index is -3.85. The van der Waals surface area contributed by atoms with Gasteiger partial charge < -0.3 is 9.15 Å². The third-order valence-electron chi connectivity index (χ3n) is 3.83. The van der Waals surface area contributed by atoms with Gasteiger partial charge >= 0.3 is 5.97 Å². The molecule has 0 saturated carbocycles. The van der Waals surface area contributed by atoms with Gasteiger partial charge in [0.1, 0.15) is 5.76 Å². The van der Waals surface area contributed by atoms with Gasteiger partial charge in [0.15, 0.2) is 12.4 Å². The van der Waals surface area contributed by atoms with E-state index in [2.05, 4.69) is 4.72 Å². The van der Waals surface area contributed by atoms with Crippen LogP contribution in [0.2, 0.25) is 0 Å². The summed E-state index contributed by atoms with van der Waals surface area (Å²) in [5.74, 6) is -0.677. The molecule has 2 aromatic carbocycles. The van der Waals surface area contributed by atoms with Crippen LogP contribution in [0.5, 0.6) is 0 Å². The second-order valence-electron chi connectivity index (χ2n) is 5.80. The molecule has 3 aromatic rings. The van der Waals surface area contributed by atoms with E-state index in [1.165, 1.54) is 30.5 Å². The molecule has 0 spiro atoms. The fraction of sp³-hybridized carbons (Fsp3) is 0.100. The standard InChI is InChI=1S/C20H17NO6S/c22-19(15-6-2-1-3-7-15)14-27-20(23)16-8-4-10-18(12-16)28(24,25)21-13-17-9-5-11-26-17/h1-12,21H,13-14H2. The van der Waals surface area contributed by atoms with Gasteiger partial charge in [-0.15, -0.1) is 0 Å². The number of ketones is 1. The average molecular weight is 399 g/mol. The Balaban J connectivity index is 1.64. The molecule has 3 rings (SSSR count). The largest absolute Gasteiger partial charge is 0.468 e. The lowest BCUT2D eigenvalue weighted by Gasteiger charge is -2.08. The fourth-order valence-corrected chi connectivity index (χ4v) is 3.41. The number of furan rings is 1. The van der Waals surface area contributed by atoms with Crippen LogP contribution in [0, 0.1) is 0 Å². The molecule has 0 unspecified atom stereocenters. The zero-order chi connectivity index (χ0) is 20.0. The molecule has 1 heterocycles. The first kappa shape index (κ1) is 19.5. The predicted octanol–water partition coefficient (Wildman–Crippen LogP) is 2.80. The van der Waals surface area contributed by atoms with E-state index in [4.69, 9.17) is 9.15 Å². The summed E-state index contributed by atoms with van der Waals surface area (Å²) in [6, 6.07) is 17.1. The normalized spacial score (nSPS) is 11.1. The van der Waals surface area contributed by atoms with Gasteiger partial charge in [-0.2, -0.15) is 0 Å². The molecule has 28 heavy (non-hydrogen) atoms. The Morgan fingerprint density at radius 1 is 0.929 bits per heavy atom. The van der Waals surface area contributed by atoms with E-state index < -0.39 is 22.6 Å². The number of sulfonamides is 1. The summed E-state index contributed by atoms with van der Waals surface area (Å²) in [6.07, 6.45) is 1.44. The third kappa shape index (κ3) is 4.93. The lowest BCUT2D eigenvalue weighted by atomic mass is 10.1. The Morgan fingerprint density at radius 3 is 2.39 bits per heavy atom. The van der Waals surface area contributed by atoms with Gasteiger partial charge in [-0.25, -0.2) is 17.9 Å². The van der Waals surface area contributed by atoms with Crippen molar-refractivity contribution in [3.05, 3.63) is 89.9 Å². The molecule has 8 heteroatoms. The van der Waals surface area contributed by atoms with Crippen molar-refractivity contribution in [1.29, 1.82) is 0 Å². The molecule has 7 nitrogen and oxygen atoms in total. The van der Waals surface area contributed by atoms with Crippen LogP contribution in [0.25, 0.3) is 0 Å². The Kier molecular flexibility index (Phi) is 6.03. The Labute approximate surface area is 162 Å². The van der Waals surface area contributed by atoms with Crippen LogP contribution in [-0.2, 0) is 21.3 Å². The van der Waals surface area contributed by atoms with Crippen molar-refractivity contribution >= 4 is 21.8 Å². The molecular formula is C20H17NO6S. The van der Waals surface area contributed by atoms with Crippen LogP contribution >= 0.6 is 0 Å². The molecule has 0 aliphatic carbocycles. The van der Waals surface area contributed by atoms with E-state index >= 15 is 0 Å². The number of nitrogens with one attached hydrogen (secondary N) is 1. The zero-order valence-electron chi connectivity index (χ0n) is 14.7. The number of Topliss-reactive ketones (excluding diaryl/α,β-unsaturated/α-hetero) is 1. The number of rotatable bonds is 8. The maximum Gasteiger partial charge on any atom is 0.338 e. The SMILES string of the molecule is O=C(COC(=O)c1cccc(S(=O)(=O)NCc2ccco2)c1)c1ccccc1. The van der Waals surface area contributed by atoms with Crippen molar-refractivity contribution in [2.45, 2.75) is 11.4 Å². The van der Waals surface area contributed by atoms with Gasteiger partial charge in [0.2, 0.25) is 10.0 Å². The van der Waals surface area contributed by atoms with Crippen molar-refractivity contribution in [1.82, 2.24) is 4.72 Å². The first-order valence-electron chi connectivity index (χ1n) is 8.33. The lowest BCUT2D eigenvalue weighted by molar-refractivity contribution is 0.0474. The molecule has 0 radical (unpaired) electrons. The number of benzene rings is 2. The number of ether oxygens (including phenoxy) is 1. The second-order valence-corrected chi connectivity index (χ2v) is 7.56. The summed E-state index contributed by atoms with van der Waals surface area (Å²) in [5.41, 5.74) is 0.454. The lowest BCUT2D eigenvalue weighted by Crippen LogP contribution is -2.23. The molecule has 144 valence electrons. The molecule has 0 saturated heterocycles. The van der Waals surface area contributed by atoms with Gasteiger partial charge in [-0.1, -0.05) is 36.4 Å². The molecule has 1 aromatic heterocycles. The maximum atomic E-state index is 12.4. The number of hydrogen-bond acceptors (Lipinski definition) is 6. The smallest absolute Gasteiger partial charge is 0.338 e. The number of esters is 1. The topological polar surface area (TPSA) is 103 Å². The van der Waals surface area contributed by atoms with Crippen LogP contribution < -0.4 is 4.72 Å². The van der Waals surface area contributed by atoms with Crippen molar-refractivity contribution in [2.24, 2.45) is 0 Å².